The number of halogens is 3. The molecule has 0 aliphatic heterocycles. The summed E-state index contributed by atoms with van der Waals surface area (Å²) in [4.78, 5) is 16.2. The van der Waals surface area contributed by atoms with E-state index in [1.807, 2.05) is 12.1 Å². The van der Waals surface area contributed by atoms with Crippen molar-refractivity contribution in [1.82, 2.24) is 5.32 Å². The van der Waals surface area contributed by atoms with E-state index in [0.717, 1.165) is 73.8 Å². The number of carbonyl (C=O) groups is 1. The molecule has 2 N–H and O–H groups in total. The summed E-state index contributed by atoms with van der Waals surface area (Å²) in [5.41, 5.74) is 4.35. The van der Waals surface area contributed by atoms with Crippen LogP contribution in [0.1, 0.15) is 90.7 Å². The Morgan fingerprint density at radius 1 is 1.03 bits per heavy atom. The standard InChI is InChI=1S/C28H33F3N2O3/c29-28(30,31)25-16-20(10-11-23(25)21-5-2-1-3-6-21)18-36-33-26-8-4-7-22-15-19(9-12-24(22)26)17-32-14-13-27(34)35/h9-12,15-16,21,32H,1-8,13-14,17-18H2,(H,34,35)/b33-26-. The number of nitrogens with zero attached hydrogens (tertiary/aromatic N) is 1. The Hall–Kier alpha value is -2.87. The summed E-state index contributed by atoms with van der Waals surface area (Å²) in [7, 11) is 0. The molecule has 0 spiro atoms. The Morgan fingerprint density at radius 3 is 2.56 bits per heavy atom. The van der Waals surface area contributed by atoms with Crippen LogP contribution < -0.4 is 5.32 Å². The van der Waals surface area contributed by atoms with Crippen LogP contribution in [-0.4, -0.2) is 23.3 Å². The van der Waals surface area contributed by atoms with Crippen LogP contribution in [0.4, 0.5) is 13.2 Å². The van der Waals surface area contributed by atoms with Crippen molar-refractivity contribution in [3.8, 4) is 0 Å². The fourth-order valence-corrected chi connectivity index (χ4v) is 5.24. The summed E-state index contributed by atoms with van der Waals surface area (Å²) >= 11 is 0. The van der Waals surface area contributed by atoms with Crippen molar-refractivity contribution < 1.29 is 27.9 Å². The molecule has 2 aliphatic rings. The van der Waals surface area contributed by atoms with Crippen LogP contribution in [0.15, 0.2) is 41.6 Å². The molecule has 2 aromatic rings. The molecule has 4 rings (SSSR count). The van der Waals surface area contributed by atoms with Gasteiger partial charge in [0.2, 0.25) is 0 Å². The van der Waals surface area contributed by atoms with E-state index < -0.39 is 17.7 Å². The quantitative estimate of drug-likeness (QED) is 0.300. The van der Waals surface area contributed by atoms with Gasteiger partial charge in [-0.15, -0.1) is 0 Å². The van der Waals surface area contributed by atoms with Gasteiger partial charge >= 0.3 is 12.1 Å². The Labute approximate surface area is 209 Å². The Kier molecular flexibility index (Phi) is 8.67. The van der Waals surface area contributed by atoms with Crippen molar-refractivity contribution in [1.29, 1.82) is 0 Å². The molecule has 2 aliphatic carbocycles. The second kappa shape index (κ2) is 11.9. The van der Waals surface area contributed by atoms with Crippen molar-refractivity contribution in [3.63, 3.8) is 0 Å². The second-order valence-electron chi connectivity index (χ2n) is 9.73. The fourth-order valence-electron chi connectivity index (χ4n) is 5.24. The van der Waals surface area contributed by atoms with Crippen LogP contribution >= 0.6 is 0 Å². The van der Waals surface area contributed by atoms with Gasteiger partial charge in [-0.2, -0.15) is 13.2 Å². The average Bonchev–Trinajstić information content (AvgIpc) is 2.86. The highest BCUT2D eigenvalue weighted by Crippen LogP contribution is 2.41. The predicted molar refractivity (Wildman–Crippen MR) is 132 cm³/mol. The van der Waals surface area contributed by atoms with Crippen LogP contribution in [-0.2, 0) is 35.4 Å². The summed E-state index contributed by atoms with van der Waals surface area (Å²) in [6.07, 6.45) is 2.94. The molecule has 0 amide bonds. The zero-order chi connectivity index (χ0) is 25.5. The molecule has 1 fully saturated rings. The average molecular weight is 503 g/mol. The van der Waals surface area contributed by atoms with E-state index in [0.29, 0.717) is 24.2 Å². The largest absolute Gasteiger partial charge is 0.481 e. The first-order chi connectivity index (χ1) is 17.3. The van der Waals surface area contributed by atoms with Crippen LogP contribution in [0.3, 0.4) is 0 Å². The summed E-state index contributed by atoms with van der Waals surface area (Å²) in [6.45, 7) is 0.977. The van der Waals surface area contributed by atoms with E-state index in [1.165, 1.54) is 6.07 Å². The minimum atomic E-state index is -4.39. The normalized spacial score (nSPS) is 17.7. The van der Waals surface area contributed by atoms with E-state index in [4.69, 9.17) is 9.94 Å². The van der Waals surface area contributed by atoms with Gasteiger partial charge < -0.3 is 15.3 Å². The van der Waals surface area contributed by atoms with Gasteiger partial charge in [-0.05, 0) is 66.3 Å². The van der Waals surface area contributed by atoms with E-state index in [9.17, 15) is 18.0 Å². The zero-order valence-electron chi connectivity index (χ0n) is 20.4. The highest BCUT2D eigenvalue weighted by Gasteiger charge is 2.35. The number of rotatable bonds is 9. The molecule has 194 valence electrons. The summed E-state index contributed by atoms with van der Waals surface area (Å²) in [5, 5.41) is 16.2. The lowest BCUT2D eigenvalue weighted by Gasteiger charge is -2.25. The van der Waals surface area contributed by atoms with Crippen molar-refractivity contribution >= 4 is 11.7 Å². The lowest BCUT2D eigenvalue weighted by Crippen LogP contribution is -2.18. The van der Waals surface area contributed by atoms with E-state index in [-0.39, 0.29) is 18.9 Å². The maximum Gasteiger partial charge on any atom is 0.416 e. The molecule has 0 aromatic heterocycles. The van der Waals surface area contributed by atoms with E-state index in [1.54, 1.807) is 12.1 Å². The number of oxime groups is 1. The highest BCUT2D eigenvalue weighted by molar-refractivity contribution is 6.02. The first-order valence-electron chi connectivity index (χ1n) is 12.7. The number of hydrogen-bond donors (Lipinski definition) is 2. The number of alkyl halides is 3. The Morgan fingerprint density at radius 2 is 1.81 bits per heavy atom. The van der Waals surface area contributed by atoms with Crippen LogP contribution in [0.2, 0.25) is 0 Å². The van der Waals surface area contributed by atoms with Gasteiger partial charge in [-0.3, -0.25) is 4.79 Å². The monoisotopic (exact) mass is 502 g/mol. The maximum atomic E-state index is 13.8. The molecule has 0 radical (unpaired) electrons. The molecule has 0 heterocycles. The molecule has 36 heavy (non-hydrogen) atoms. The van der Waals surface area contributed by atoms with Crippen molar-refractivity contribution in [2.45, 2.75) is 83.0 Å². The minimum absolute atomic E-state index is 0.0154. The fraction of sp³-hybridized carbons (Fsp3) is 0.500. The first kappa shape index (κ1) is 26.2. The number of hydrogen-bond acceptors (Lipinski definition) is 4. The molecular weight excluding hydrogens is 469 g/mol. The molecule has 8 heteroatoms. The molecule has 2 aromatic carbocycles. The topological polar surface area (TPSA) is 70.9 Å². The third-order valence-corrected chi connectivity index (χ3v) is 7.06. The molecule has 0 atom stereocenters. The van der Waals surface area contributed by atoms with Crippen LogP contribution in [0.25, 0.3) is 0 Å². The molecular formula is C28H33F3N2O3. The number of aliphatic carboxylic acids is 1. The number of fused-ring (bicyclic) bond motifs is 1. The SMILES string of the molecule is O=C(O)CCNCc1ccc2c(c1)CCC/C2=N/OCc1ccc(C2CCCCC2)c(C(F)(F)F)c1. The first-order valence-corrected chi connectivity index (χ1v) is 12.7. The third kappa shape index (κ3) is 6.87. The van der Waals surface area contributed by atoms with E-state index in [2.05, 4.69) is 16.5 Å². The number of carboxylic acid groups (broad SMARTS) is 1. The zero-order valence-corrected chi connectivity index (χ0v) is 20.4. The third-order valence-electron chi connectivity index (χ3n) is 7.06. The summed E-state index contributed by atoms with van der Waals surface area (Å²) in [5.74, 6) is -0.856. The van der Waals surface area contributed by atoms with Gasteiger partial charge in [0.1, 0.15) is 6.61 Å². The smallest absolute Gasteiger partial charge is 0.416 e. The van der Waals surface area contributed by atoms with Gasteiger partial charge in [0, 0.05) is 18.7 Å². The van der Waals surface area contributed by atoms with Gasteiger partial charge in [0.05, 0.1) is 17.7 Å². The van der Waals surface area contributed by atoms with Gasteiger partial charge in [0.15, 0.2) is 0 Å². The van der Waals surface area contributed by atoms with Crippen molar-refractivity contribution in [2.75, 3.05) is 6.54 Å². The number of nitrogens with one attached hydrogen (secondary N) is 1. The van der Waals surface area contributed by atoms with Gasteiger partial charge in [-0.1, -0.05) is 54.8 Å². The van der Waals surface area contributed by atoms with Gasteiger partial charge in [-0.25, -0.2) is 0 Å². The minimum Gasteiger partial charge on any atom is -0.481 e. The summed E-state index contributed by atoms with van der Waals surface area (Å²) in [6, 6.07) is 10.7. The Balaban J connectivity index is 1.41. The lowest BCUT2D eigenvalue weighted by atomic mass is 9.81. The number of aryl methyl sites for hydroxylation is 1. The van der Waals surface area contributed by atoms with Crippen molar-refractivity contribution in [2.24, 2.45) is 5.16 Å². The molecule has 1 saturated carbocycles. The molecule has 5 nitrogen and oxygen atoms in total. The molecule has 0 saturated heterocycles. The number of carboxylic acids is 1. The predicted octanol–water partition coefficient (Wildman–Crippen LogP) is 6.57. The molecule has 0 unspecified atom stereocenters. The Bertz CT molecular complexity index is 1090. The van der Waals surface area contributed by atoms with Crippen LogP contribution in [0.5, 0.6) is 0 Å². The van der Waals surface area contributed by atoms with Crippen LogP contribution in [0, 0.1) is 0 Å². The highest BCUT2D eigenvalue weighted by atomic mass is 19.4. The number of benzene rings is 2. The van der Waals surface area contributed by atoms with E-state index >= 15 is 0 Å². The molecule has 0 bridgehead atoms. The lowest BCUT2D eigenvalue weighted by molar-refractivity contribution is -0.139. The summed E-state index contributed by atoms with van der Waals surface area (Å²) < 4.78 is 41.5. The van der Waals surface area contributed by atoms with Gasteiger partial charge in [0.25, 0.3) is 0 Å². The maximum absolute atomic E-state index is 13.8. The van der Waals surface area contributed by atoms with Crippen molar-refractivity contribution in [3.05, 3.63) is 69.8 Å². The second-order valence-corrected chi connectivity index (χ2v) is 9.73.